The Hall–Kier alpha value is -2.08. The number of ether oxygens (including phenoxy) is 1. The van der Waals surface area contributed by atoms with Gasteiger partial charge in [-0.15, -0.1) is 0 Å². The second kappa shape index (κ2) is 5.73. The minimum Gasteiger partial charge on any atom is -0.495 e. The summed E-state index contributed by atoms with van der Waals surface area (Å²) in [6.07, 6.45) is 0. The van der Waals surface area contributed by atoms with Crippen molar-refractivity contribution in [2.45, 2.75) is 33.2 Å². The van der Waals surface area contributed by atoms with E-state index in [2.05, 4.69) is 5.32 Å². The third kappa shape index (κ3) is 3.52. The van der Waals surface area contributed by atoms with Crippen LogP contribution in [0.1, 0.15) is 38.1 Å². The van der Waals surface area contributed by atoms with Crippen molar-refractivity contribution in [3.63, 3.8) is 0 Å². The maximum Gasteiger partial charge on any atom is 0.248 e. The van der Waals surface area contributed by atoms with Crippen LogP contribution in [0.4, 0.5) is 5.69 Å². The molecule has 0 aliphatic carbocycles. The summed E-state index contributed by atoms with van der Waals surface area (Å²) < 4.78 is 5.18. The van der Waals surface area contributed by atoms with Gasteiger partial charge in [-0.25, -0.2) is 0 Å². The Labute approximate surface area is 124 Å². The molecule has 0 aromatic heterocycles. The third-order valence-electron chi connectivity index (χ3n) is 3.91. The molecule has 0 radical (unpaired) electrons. The average Bonchev–Trinajstić information content (AvgIpc) is 2.37. The lowest BCUT2D eigenvalue weighted by Crippen LogP contribution is -2.53. The molecular formula is C15H23N3O3. The highest BCUT2D eigenvalue weighted by Crippen LogP contribution is 2.32. The van der Waals surface area contributed by atoms with Gasteiger partial charge in [0.25, 0.3) is 0 Å². The molecule has 0 heterocycles. The molecule has 21 heavy (non-hydrogen) atoms. The second-order valence-corrected chi connectivity index (χ2v) is 6.08. The van der Waals surface area contributed by atoms with Gasteiger partial charge in [0.1, 0.15) is 5.75 Å². The first-order valence-electron chi connectivity index (χ1n) is 6.59. The molecule has 0 saturated carbocycles. The van der Waals surface area contributed by atoms with Crippen LogP contribution in [0.25, 0.3) is 0 Å². The molecule has 5 N–H and O–H groups in total. The molecule has 2 amide bonds. The number of rotatable bonds is 5. The molecule has 0 aliphatic rings. The monoisotopic (exact) mass is 293 g/mol. The minimum atomic E-state index is -0.819. The molecule has 1 aromatic rings. The number of nitrogens with two attached hydrogens (primary N) is 2. The van der Waals surface area contributed by atoms with Crippen LogP contribution >= 0.6 is 0 Å². The zero-order valence-electron chi connectivity index (χ0n) is 13.1. The van der Waals surface area contributed by atoms with Gasteiger partial charge >= 0.3 is 0 Å². The molecule has 0 spiro atoms. The lowest BCUT2D eigenvalue weighted by atomic mass is 9.74. The average molecular weight is 293 g/mol. The summed E-state index contributed by atoms with van der Waals surface area (Å²) in [5.74, 6) is -0.402. The van der Waals surface area contributed by atoms with Crippen molar-refractivity contribution in [1.29, 1.82) is 0 Å². The van der Waals surface area contributed by atoms with Crippen LogP contribution < -0.4 is 21.5 Å². The Morgan fingerprint density at radius 3 is 2.19 bits per heavy atom. The summed E-state index contributed by atoms with van der Waals surface area (Å²) in [6, 6.07) is 4.60. The molecule has 6 nitrogen and oxygen atoms in total. The summed E-state index contributed by atoms with van der Waals surface area (Å²) in [5, 5.41) is 2.75. The Kier molecular flexibility index (Phi) is 4.63. The molecule has 0 aliphatic heterocycles. The largest absolute Gasteiger partial charge is 0.495 e. The molecule has 1 aromatic carbocycles. The van der Waals surface area contributed by atoms with Crippen LogP contribution in [0.5, 0.6) is 5.75 Å². The fraction of sp³-hybridized carbons (Fsp3) is 0.467. The number of amides is 2. The molecular weight excluding hydrogens is 270 g/mol. The van der Waals surface area contributed by atoms with Gasteiger partial charge in [0.05, 0.1) is 18.2 Å². The quantitative estimate of drug-likeness (QED) is 0.764. The van der Waals surface area contributed by atoms with E-state index in [4.69, 9.17) is 16.2 Å². The van der Waals surface area contributed by atoms with E-state index in [0.717, 1.165) is 0 Å². The van der Waals surface area contributed by atoms with E-state index in [0.29, 0.717) is 11.4 Å². The summed E-state index contributed by atoms with van der Waals surface area (Å²) in [7, 11) is 1.48. The van der Waals surface area contributed by atoms with E-state index in [-0.39, 0.29) is 11.5 Å². The van der Waals surface area contributed by atoms with E-state index < -0.39 is 16.9 Å². The number of hydrogen-bond donors (Lipinski definition) is 3. The first-order valence-corrected chi connectivity index (χ1v) is 6.59. The molecule has 6 heteroatoms. The smallest absolute Gasteiger partial charge is 0.248 e. The minimum absolute atomic E-state index is 0.269. The van der Waals surface area contributed by atoms with Crippen LogP contribution in [-0.2, 0) is 4.79 Å². The van der Waals surface area contributed by atoms with E-state index in [1.54, 1.807) is 33.8 Å². The number of hydrogen-bond acceptors (Lipinski definition) is 4. The lowest BCUT2D eigenvalue weighted by Gasteiger charge is -2.37. The molecule has 116 valence electrons. The van der Waals surface area contributed by atoms with Gasteiger partial charge in [0.2, 0.25) is 11.8 Å². The fourth-order valence-electron chi connectivity index (χ4n) is 1.53. The van der Waals surface area contributed by atoms with Gasteiger partial charge in [-0.2, -0.15) is 0 Å². The topological polar surface area (TPSA) is 107 Å². The summed E-state index contributed by atoms with van der Waals surface area (Å²) in [4.78, 5) is 23.7. The Bertz CT molecular complexity index is 560. The van der Waals surface area contributed by atoms with Crippen LogP contribution in [0.15, 0.2) is 18.2 Å². The summed E-state index contributed by atoms with van der Waals surface area (Å²) in [5.41, 5.74) is 10.4. The van der Waals surface area contributed by atoms with E-state index >= 15 is 0 Å². The van der Waals surface area contributed by atoms with Crippen molar-refractivity contribution in [1.82, 2.24) is 0 Å². The van der Waals surface area contributed by atoms with Gasteiger partial charge < -0.3 is 21.5 Å². The number of primary amides is 1. The number of anilines is 1. The number of carbonyl (C=O) groups excluding carboxylic acids is 2. The number of carbonyl (C=O) groups is 2. The highest BCUT2D eigenvalue weighted by atomic mass is 16.5. The van der Waals surface area contributed by atoms with E-state index in [1.807, 2.05) is 0 Å². The first-order chi connectivity index (χ1) is 9.50. The Balaban J connectivity index is 3.15. The SMILES string of the molecule is COc1ccc(C(N)=O)cc1NC(=O)C(C)(C)C(C)(C)N. The van der Waals surface area contributed by atoms with Crippen molar-refractivity contribution in [2.24, 2.45) is 16.9 Å². The number of methoxy groups -OCH3 is 1. The van der Waals surface area contributed by atoms with Gasteiger partial charge in [0, 0.05) is 11.1 Å². The molecule has 0 bridgehead atoms. The second-order valence-electron chi connectivity index (χ2n) is 6.08. The van der Waals surface area contributed by atoms with E-state index in [1.165, 1.54) is 19.2 Å². The highest BCUT2D eigenvalue weighted by molar-refractivity contribution is 5.99. The van der Waals surface area contributed by atoms with Crippen molar-refractivity contribution in [2.75, 3.05) is 12.4 Å². The summed E-state index contributed by atoms with van der Waals surface area (Å²) in [6.45, 7) is 7.08. The van der Waals surface area contributed by atoms with Crippen molar-refractivity contribution in [3.05, 3.63) is 23.8 Å². The van der Waals surface area contributed by atoms with Gasteiger partial charge in [0.15, 0.2) is 0 Å². The van der Waals surface area contributed by atoms with Gasteiger partial charge in [-0.05, 0) is 45.9 Å². The zero-order valence-corrected chi connectivity index (χ0v) is 13.1. The van der Waals surface area contributed by atoms with Crippen molar-refractivity contribution < 1.29 is 14.3 Å². The van der Waals surface area contributed by atoms with Crippen LogP contribution in [0.3, 0.4) is 0 Å². The molecule has 0 saturated heterocycles. The third-order valence-corrected chi connectivity index (χ3v) is 3.91. The normalized spacial score (nSPS) is 11.9. The van der Waals surface area contributed by atoms with Gasteiger partial charge in [-0.1, -0.05) is 0 Å². The lowest BCUT2D eigenvalue weighted by molar-refractivity contribution is -0.126. The van der Waals surface area contributed by atoms with Crippen LogP contribution in [0.2, 0.25) is 0 Å². The zero-order chi connectivity index (χ0) is 16.4. The van der Waals surface area contributed by atoms with Crippen molar-refractivity contribution in [3.8, 4) is 5.75 Å². The molecule has 0 unspecified atom stereocenters. The standard InChI is InChI=1S/C15H23N3O3/c1-14(2,15(3,4)17)13(20)18-10-8-9(12(16)19)6-7-11(10)21-5/h6-8H,17H2,1-5H3,(H2,16,19)(H,18,20). The van der Waals surface area contributed by atoms with Crippen LogP contribution in [0, 0.1) is 5.41 Å². The fourth-order valence-corrected chi connectivity index (χ4v) is 1.53. The number of benzene rings is 1. The molecule has 0 atom stereocenters. The predicted octanol–water partition coefficient (Wildman–Crippen LogP) is 1.50. The molecule has 0 fully saturated rings. The van der Waals surface area contributed by atoms with Gasteiger partial charge in [-0.3, -0.25) is 9.59 Å². The first kappa shape index (κ1) is 17.0. The molecule has 1 rings (SSSR count). The highest BCUT2D eigenvalue weighted by Gasteiger charge is 2.40. The maximum absolute atomic E-state index is 12.5. The maximum atomic E-state index is 12.5. The van der Waals surface area contributed by atoms with Crippen molar-refractivity contribution >= 4 is 17.5 Å². The predicted molar refractivity (Wildman–Crippen MR) is 82.2 cm³/mol. The number of nitrogens with one attached hydrogen (secondary N) is 1. The Morgan fingerprint density at radius 2 is 1.76 bits per heavy atom. The van der Waals surface area contributed by atoms with E-state index in [9.17, 15) is 9.59 Å². The Morgan fingerprint density at radius 1 is 1.19 bits per heavy atom. The van der Waals surface area contributed by atoms with Crippen LogP contribution in [-0.4, -0.2) is 24.5 Å². The summed E-state index contributed by atoms with van der Waals surface area (Å²) >= 11 is 0.